The van der Waals surface area contributed by atoms with E-state index >= 15 is 0 Å². The lowest BCUT2D eigenvalue weighted by atomic mass is 10.1. The fraction of sp³-hybridized carbons (Fsp3) is 0.579. The summed E-state index contributed by atoms with van der Waals surface area (Å²) < 4.78 is 44.3. The van der Waals surface area contributed by atoms with Gasteiger partial charge in [-0.3, -0.25) is 4.79 Å². The Morgan fingerprint density at radius 3 is 2.29 bits per heavy atom. The highest BCUT2D eigenvalue weighted by atomic mass is 127. The largest absolute Gasteiger partial charge is 0.444 e. The van der Waals surface area contributed by atoms with Crippen LogP contribution in [0, 0.1) is 3.57 Å². The monoisotopic (exact) mass is 510 g/mol. The molecule has 2 fully saturated rings. The lowest BCUT2D eigenvalue weighted by molar-refractivity contribution is -0.138. The molecule has 28 heavy (non-hydrogen) atoms. The molecule has 0 radical (unpaired) electrons. The van der Waals surface area contributed by atoms with Crippen LogP contribution in [0.25, 0.3) is 0 Å². The Morgan fingerprint density at radius 1 is 1.14 bits per heavy atom. The van der Waals surface area contributed by atoms with E-state index < -0.39 is 29.0 Å². The van der Waals surface area contributed by atoms with Crippen LogP contribution >= 0.6 is 22.6 Å². The number of alkyl halides is 3. The molecule has 1 aromatic carbocycles. The number of halogens is 4. The van der Waals surface area contributed by atoms with Crippen LogP contribution in [0.5, 0.6) is 0 Å². The maximum atomic E-state index is 13.0. The van der Waals surface area contributed by atoms with Crippen LogP contribution in [0.1, 0.15) is 49.5 Å². The lowest BCUT2D eigenvalue weighted by Gasteiger charge is -2.42. The molecule has 0 N–H and O–H groups in total. The number of carbonyl (C=O) groups excluding carboxylic acids is 2. The van der Waals surface area contributed by atoms with E-state index in [0.29, 0.717) is 19.6 Å². The first-order valence-corrected chi connectivity index (χ1v) is 10.1. The molecule has 1 aliphatic carbocycles. The highest BCUT2D eigenvalue weighted by Gasteiger charge is 2.54. The van der Waals surface area contributed by atoms with Gasteiger partial charge in [-0.2, -0.15) is 13.2 Å². The van der Waals surface area contributed by atoms with Crippen molar-refractivity contribution < 1.29 is 27.5 Å². The summed E-state index contributed by atoms with van der Waals surface area (Å²) >= 11 is 1.60. The molecule has 0 atom stereocenters. The second kappa shape index (κ2) is 7.07. The molecule has 0 bridgehead atoms. The van der Waals surface area contributed by atoms with Crippen LogP contribution in [0.15, 0.2) is 18.2 Å². The number of ether oxygens (including phenoxy) is 1. The van der Waals surface area contributed by atoms with Crippen molar-refractivity contribution in [1.29, 1.82) is 0 Å². The van der Waals surface area contributed by atoms with Gasteiger partial charge in [0, 0.05) is 28.8 Å². The van der Waals surface area contributed by atoms with Crippen LogP contribution in [-0.4, -0.2) is 52.6 Å². The molecule has 2 amide bonds. The third-order valence-electron chi connectivity index (χ3n) is 4.90. The van der Waals surface area contributed by atoms with Gasteiger partial charge in [-0.15, -0.1) is 0 Å². The molecule has 9 heteroatoms. The van der Waals surface area contributed by atoms with E-state index in [4.69, 9.17) is 4.74 Å². The molecular formula is C19H22F3IN2O3. The third kappa shape index (κ3) is 4.38. The van der Waals surface area contributed by atoms with Crippen LogP contribution in [0.4, 0.5) is 18.0 Å². The predicted octanol–water partition coefficient (Wildman–Crippen LogP) is 4.54. The lowest BCUT2D eigenvalue weighted by Crippen LogP contribution is -2.58. The first-order valence-electron chi connectivity index (χ1n) is 8.99. The van der Waals surface area contributed by atoms with Gasteiger partial charge in [0.2, 0.25) is 0 Å². The molecule has 1 spiro atoms. The van der Waals surface area contributed by atoms with Crippen molar-refractivity contribution in [3.8, 4) is 0 Å². The van der Waals surface area contributed by atoms with Crippen LogP contribution in [-0.2, 0) is 10.9 Å². The molecular weight excluding hydrogens is 488 g/mol. The summed E-state index contributed by atoms with van der Waals surface area (Å²) in [5, 5.41) is 0. The van der Waals surface area contributed by atoms with Crippen molar-refractivity contribution in [1.82, 2.24) is 9.80 Å². The highest BCUT2D eigenvalue weighted by Crippen LogP contribution is 2.45. The van der Waals surface area contributed by atoms with E-state index in [9.17, 15) is 22.8 Å². The van der Waals surface area contributed by atoms with Gasteiger partial charge < -0.3 is 14.5 Å². The summed E-state index contributed by atoms with van der Waals surface area (Å²) in [4.78, 5) is 28.6. The summed E-state index contributed by atoms with van der Waals surface area (Å²) in [5.74, 6) is -0.298. The Morgan fingerprint density at radius 2 is 1.79 bits per heavy atom. The average molecular weight is 510 g/mol. The fourth-order valence-electron chi connectivity index (χ4n) is 3.38. The Labute approximate surface area is 175 Å². The van der Waals surface area contributed by atoms with Crippen molar-refractivity contribution in [3.05, 3.63) is 32.9 Å². The van der Waals surface area contributed by atoms with Crippen LogP contribution in [0.2, 0.25) is 0 Å². The van der Waals surface area contributed by atoms with Gasteiger partial charge >= 0.3 is 12.3 Å². The molecule has 3 rings (SSSR count). The minimum atomic E-state index is -4.45. The van der Waals surface area contributed by atoms with E-state index in [1.54, 1.807) is 53.2 Å². The summed E-state index contributed by atoms with van der Waals surface area (Å²) in [6, 6.07) is 3.46. The number of carbonyl (C=O) groups is 2. The van der Waals surface area contributed by atoms with Gasteiger partial charge in [0.25, 0.3) is 5.91 Å². The van der Waals surface area contributed by atoms with E-state index in [1.165, 1.54) is 12.1 Å². The quantitative estimate of drug-likeness (QED) is 0.522. The number of amides is 2. The van der Waals surface area contributed by atoms with Crippen molar-refractivity contribution in [2.75, 3.05) is 19.6 Å². The molecule has 1 heterocycles. The van der Waals surface area contributed by atoms with E-state index in [0.717, 1.165) is 18.9 Å². The minimum Gasteiger partial charge on any atom is -0.444 e. The van der Waals surface area contributed by atoms with E-state index in [1.807, 2.05) is 0 Å². The predicted molar refractivity (Wildman–Crippen MR) is 105 cm³/mol. The third-order valence-corrected chi connectivity index (χ3v) is 5.79. The molecule has 1 saturated heterocycles. The maximum absolute atomic E-state index is 13.0. The van der Waals surface area contributed by atoms with Gasteiger partial charge in [0.05, 0.1) is 11.1 Å². The number of nitrogens with zero attached hydrogens (tertiary/aromatic N) is 2. The number of hydrogen-bond acceptors (Lipinski definition) is 3. The van der Waals surface area contributed by atoms with Crippen LogP contribution < -0.4 is 0 Å². The van der Waals surface area contributed by atoms with E-state index in [2.05, 4.69) is 0 Å². The zero-order valence-electron chi connectivity index (χ0n) is 15.9. The highest BCUT2D eigenvalue weighted by molar-refractivity contribution is 14.1. The fourth-order valence-corrected chi connectivity index (χ4v) is 4.20. The number of piperazine rings is 1. The van der Waals surface area contributed by atoms with Crippen molar-refractivity contribution in [3.63, 3.8) is 0 Å². The van der Waals surface area contributed by atoms with Crippen LogP contribution in [0.3, 0.4) is 0 Å². The second-order valence-electron chi connectivity index (χ2n) is 8.28. The SMILES string of the molecule is CC(C)(C)OC(=O)N1CCN(C(=O)c2ccc(C(F)(F)F)c(I)c2)C2(CC2)C1. The van der Waals surface area contributed by atoms with E-state index in [-0.39, 0.29) is 15.0 Å². The standard InChI is InChI=1S/C19H22F3IN2O3/c1-17(2,3)28-16(27)24-8-9-25(18(11-24)6-7-18)15(26)12-4-5-13(14(23)10-12)19(20,21)22/h4-5,10H,6-9,11H2,1-3H3. The van der Waals surface area contributed by atoms with Crippen molar-refractivity contribution >= 4 is 34.6 Å². The van der Waals surface area contributed by atoms with Gasteiger partial charge in [-0.05, 0) is 74.4 Å². The van der Waals surface area contributed by atoms with Gasteiger partial charge in [0.15, 0.2) is 0 Å². The number of benzene rings is 1. The van der Waals surface area contributed by atoms with Gasteiger partial charge in [-0.1, -0.05) is 0 Å². The summed E-state index contributed by atoms with van der Waals surface area (Å²) in [6.07, 6.45) is -3.34. The number of hydrogen-bond donors (Lipinski definition) is 0. The van der Waals surface area contributed by atoms with Crippen molar-refractivity contribution in [2.45, 2.75) is 50.9 Å². The molecule has 5 nitrogen and oxygen atoms in total. The Kier molecular flexibility index (Phi) is 5.35. The zero-order valence-corrected chi connectivity index (χ0v) is 18.1. The normalized spacial score (nSPS) is 19.0. The first-order chi connectivity index (χ1) is 12.8. The maximum Gasteiger partial charge on any atom is 0.417 e. The summed E-state index contributed by atoms with van der Waals surface area (Å²) in [5.41, 5.74) is -1.56. The smallest absolute Gasteiger partial charge is 0.417 e. The molecule has 154 valence electrons. The minimum absolute atomic E-state index is 0.00631. The molecule has 0 unspecified atom stereocenters. The van der Waals surface area contributed by atoms with Gasteiger partial charge in [0.1, 0.15) is 5.60 Å². The summed E-state index contributed by atoms with van der Waals surface area (Å²) in [7, 11) is 0. The average Bonchev–Trinajstić information content (AvgIpc) is 3.30. The molecule has 1 aliphatic heterocycles. The molecule has 2 aliphatic rings. The number of rotatable bonds is 1. The van der Waals surface area contributed by atoms with Gasteiger partial charge in [-0.25, -0.2) is 4.79 Å². The molecule has 1 aromatic rings. The first kappa shape index (κ1) is 21.2. The zero-order chi connectivity index (χ0) is 20.9. The topological polar surface area (TPSA) is 49.9 Å². The second-order valence-corrected chi connectivity index (χ2v) is 9.44. The molecule has 1 saturated carbocycles. The molecule has 0 aromatic heterocycles. The Hall–Kier alpha value is -1.52. The Balaban J connectivity index is 1.75. The summed E-state index contributed by atoms with van der Waals surface area (Å²) in [6.45, 7) is 6.43. The Bertz CT molecular complexity index is 801. The van der Waals surface area contributed by atoms with Crippen molar-refractivity contribution in [2.24, 2.45) is 0 Å².